The molecule has 2 amide bonds. The first-order valence-electron chi connectivity index (χ1n) is 14.2. The Kier molecular flexibility index (Phi) is 9.20. The zero-order valence-electron chi connectivity index (χ0n) is 25.4. The monoisotopic (exact) mass is 609 g/mol. The normalized spacial score (nSPS) is 11.3. The fourth-order valence-electron chi connectivity index (χ4n) is 4.62. The van der Waals surface area contributed by atoms with Crippen molar-refractivity contribution in [2.75, 3.05) is 23.5 Å². The molecule has 3 aromatic carbocycles. The largest absolute Gasteiger partial charge is 0.494 e. The summed E-state index contributed by atoms with van der Waals surface area (Å²) in [5, 5.41) is 15.3. The minimum absolute atomic E-state index is 0.0341. The second-order valence-corrected chi connectivity index (χ2v) is 12.3. The highest BCUT2D eigenvalue weighted by Gasteiger charge is 2.20. The van der Waals surface area contributed by atoms with Gasteiger partial charge >= 0.3 is 0 Å². The van der Waals surface area contributed by atoms with Gasteiger partial charge in [-0.05, 0) is 53.8 Å². The van der Waals surface area contributed by atoms with E-state index in [0.717, 1.165) is 16.9 Å². The number of carbonyl (C=O) groups is 2. The van der Waals surface area contributed by atoms with E-state index in [1.165, 1.54) is 24.4 Å². The number of hydrogen-bond acceptors (Lipinski definition) is 7. The zero-order chi connectivity index (χ0) is 31.3. The fourth-order valence-corrected chi connectivity index (χ4v) is 5.36. The molecule has 9 nitrogen and oxygen atoms in total. The number of hydrogen-bond donors (Lipinski definition) is 2. The van der Waals surface area contributed by atoms with Crippen LogP contribution in [0.25, 0.3) is 11.4 Å². The first-order chi connectivity index (χ1) is 21.1. The van der Waals surface area contributed by atoms with Crippen LogP contribution in [0.3, 0.4) is 0 Å². The summed E-state index contributed by atoms with van der Waals surface area (Å²) in [7, 11) is 1.52. The summed E-state index contributed by atoms with van der Waals surface area (Å²) in [6, 6.07) is 24.5. The maximum atomic E-state index is 13.1. The Labute approximate surface area is 261 Å². The average molecular weight is 610 g/mol. The van der Waals surface area contributed by atoms with Crippen LogP contribution in [0.15, 0.2) is 94.7 Å². The second kappa shape index (κ2) is 13.2. The lowest BCUT2D eigenvalue weighted by Crippen LogP contribution is -2.17. The van der Waals surface area contributed by atoms with Gasteiger partial charge in [0.25, 0.3) is 5.91 Å². The van der Waals surface area contributed by atoms with Crippen LogP contribution in [0.5, 0.6) is 5.75 Å². The first kappa shape index (κ1) is 30.6. The summed E-state index contributed by atoms with van der Waals surface area (Å²) in [4.78, 5) is 25.8. The van der Waals surface area contributed by atoms with E-state index in [9.17, 15) is 9.59 Å². The van der Waals surface area contributed by atoms with Crippen LogP contribution in [-0.4, -0.2) is 39.4 Å². The lowest BCUT2D eigenvalue weighted by Gasteiger charge is -2.19. The molecule has 0 bridgehead atoms. The Balaban J connectivity index is 1.31. The molecule has 5 aromatic rings. The van der Waals surface area contributed by atoms with E-state index >= 15 is 0 Å². The number of methoxy groups -OCH3 is 1. The van der Waals surface area contributed by atoms with Gasteiger partial charge in [0.15, 0.2) is 11.0 Å². The molecular formula is C34H35N5O4S. The van der Waals surface area contributed by atoms with E-state index in [-0.39, 0.29) is 23.0 Å². The van der Waals surface area contributed by atoms with Crippen LogP contribution in [0.4, 0.5) is 11.4 Å². The number of furan rings is 1. The molecule has 0 radical (unpaired) electrons. The van der Waals surface area contributed by atoms with Crippen molar-refractivity contribution in [2.24, 2.45) is 0 Å². The average Bonchev–Trinajstić information content (AvgIpc) is 3.68. The first-order valence-corrected chi connectivity index (χ1v) is 15.1. The molecule has 44 heavy (non-hydrogen) atoms. The molecule has 0 atom stereocenters. The molecule has 0 unspecified atom stereocenters. The van der Waals surface area contributed by atoms with Crippen molar-refractivity contribution in [1.29, 1.82) is 0 Å². The van der Waals surface area contributed by atoms with Crippen LogP contribution in [-0.2, 0) is 16.8 Å². The number of nitrogens with one attached hydrogen (secondary N) is 2. The van der Waals surface area contributed by atoms with Crippen molar-refractivity contribution in [3.05, 3.63) is 108 Å². The van der Waals surface area contributed by atoms with Crippen molar-refractivity contribution in [3.8, 4) is 17.1 Å². The number of rotatable bonds is 10. The minimum Gasteiger partial charge on any atom is -0.494 e. The maximum Gasteiger partial charge on any atom is 0.255 e. The lowest BCUT2D eigenvalue weighted by molar-refractivity contribution is -0.113. The van der Waals surface area contributed by atoms with E-state index in [1.807, 2.05) is 54.0 Å². The third kappa shape index (κ3) is 7.20. The number of nitrogens with zero attached hydrogens (tertiary/aromatic N) is 3. The fraction of sp³-hybridized carbons (Fsp3) is 0.235. The molecule has 5 rings (SSSR count). The Bertz CT molecular complexity index is 1740. The Hall–Kier alpha value is -4.83. The summed E-state index contributed by atoms with van der Waals surface area (Å²) >= 11 is 1.28. The van der Waals surface area contributed by atoms with E-state index in [0.29, 0.717) is 40.2 Å². The van der Waals surface area contributed by atoms with Gasteiger partial charge in [-0.2, -0.15) is 0 Å². The third-order valence-corrected chi connectivity index (χ3v) is 8.02. The predicted molar refractivity (Wildman–Crippen MR) is 173 cm³/mol. The van der Waals surface area contributed by atoms with Crippen molar-refractivity contribution < 1.29 is 18.7 Å². The van der Waals surface area contributed by atoms with Crippen molar-refractivity contribution in [3.63, 3.8) is 0 Å². The molecule has 0 spiro atoms. The van der Waals surface area contributed by atoms with Crippen molar-refractivity contribution in [1.82, 2.24) is 14.8 Å². The molecule has 2 aromatic heterocycles. The number of aromatic nitrogens is 3. The van der Waals surface area contributed by atoms with Gasteiger partial charge in [-0.1, -0.05) is 75.0 Å². The van der Waals surface area contributed by atoms with Crippen LogP contribution in [0, 0.1) is 6.92 Å². The van der Waals surface area contributed by atoms with Crippen molar-refractivity contribution in [2.45, 2.75) is 44.8 Å². The molecule has 0 saturated heterocycles. The molecule has 226 valence electrons. The molecule has 0 fully saturated rings. The number of thioether (sulfide) groups is 1. The summed E-state index contributed by atoms with van der Waals surface area (Å²) < 4.78 is 13.1. The van der Waals surface area contributed by atoms with E-state index in [1.54, 1.807) is 30.5 Å². The molecule has 0 aliphatic carbocycles. The van der Waals surface area contributed by atoms with E-state index < -0.39 is 0 Å². The van der Waals surface area contributed by atoms with Gasteiger partial charge in [-0.15, -0.1) is 10.2 Å². The van der Waals surface area contributed by atoms with Gasteiger partial charge in [-0.25, -0.2) is 0 Å². The third-order valence-electron chi connectivity index (χ3n) is 7.06. The number of aryl methyl sites for hydroxylation is 1. The number of benzene rings is 3. The Morgan fingerprint density at radius 3 is 2.34 bits per heavy atom. The highest BCUT2D eigenvalue weighted by Crippen LogP contribution is 2.33. The Morgan fingerprint density at radius 2 is 1.68 bits per heavy atom. The van der Waals surface area contributed by atoms with Crippen molar-refractivity contribution >= 4 is 35.0 Å². The summed E-state index contributed by atoms with van der Waals surface area (Å²) in [6.45, 7) is 8.81. The van der Waals surface area contributed by atoms with Crippen LogP contribution >= 0.6 is 11.8 Å². The summed E-state index contributed by atoms with van der Waals surface area (Å²) in [6.07, 6.45) is 1.63. The van der Waals surface area contributed by atoms with Crippen LogP contribution in [0.1, 0.15) is 48.0 Å². The lowest BCUT2D eigenvalue weighted by atomic mass is 9.87. The highest BCUT2D eigenvalue weighted by molar-refractivity contribution is 7.99. The van der Waals surface area contributed by atoms with Gasteiger partial charge < -0.3 is 19.8 Å². The second-order valence-electron chi connectivity index (χ2n) is 11.3. The maximum absolute atomic E-state index is 13.1. The zero-order valence-corrected chi connectivity index (χ0v) is 26.2. The van der Waals surface area contributed by atoms with Gasteiger partial charge in [0.1, 0.15) is 11.5 Å². The number of ether oxygens (including phenoxy) is 1. The molecule has 2 N–H and O–H groups in total. The molecule has 2 heterocycles. The van der Waals surface area contributed by atoms with Gasteiger partial charge in [0.2, 0.25) is 5.91 Å². The topological polar surface area (TPSA) is 111 Å². The smallest absolute Gasteiger partial charge is 0.255 e. The number of anilines is 2. The van der Waals surface area contributed by atoms with Crippen LogP contribution in [0.2, 0.25) is 0 Å². The SMILES string of the molecule is COc1cc(NC(=O)c2ccccc2)c(C)cc1NC(=O)CSc1nnc(-c2ccc(C(C)(C)C)cc2)n1Cc1ccco1. The van der Waals surface area contributed by atoms with Gasteiger partial charge in [0.05, 0.1) is 31.4 Å². The summed E-state index contributed by atoms with van der Waals surface area (Å²) in [5.74, 6) is 1.50. The van der Waals surface area contributed by atoms with Gasteiger partial charge in [0, 0.05) is 22.9 Å². The van der Waals surface area contributed by atoms with Gasteiger partial charge in [-0.3, -0.25) is 14.2 Å². The molecule has 10 heteroatoms. The predicted octanol–water partition coefficient (Wildman–Crippen LogP) is 7.18. The molecule has 0 aliphatic heterocycles. The molecular weight excluding hydrogens is 574 g/mol. The molecule has 0 aliphatic rings. The minimum atomic E-state index is -0.239. The molecule has 0 saturated carbocycles. The standard InChI is InChI=1S/C34H35N5O4S/c1-22-18-28(29(42-5)19-27(22)36-32(41)24-10-7-6-8-11-24)35-30(40)21-44-33-38-37-31(39(33)20-26-12-9-17-43-26)23-13-15-25(16-14-23)34(2,3)4/h6-19H,20-21H2,1-5H3,(H,35,40)(H,36,41). The Morgan fingerprint density at radius 1 is 0.932 bits per heavy atom. The van der Waals surface area contributed by atoms with E-state index in [4.69, 9.17) is 9.15 Å². The number of amides is 2. The summed E-state index contributed by atoms with van der Waals surface area (Å²) in [5.41, 5.74) is 4.60. The van der Waals surface area contributed by atoms with E-state index in [2.05, 4.69) is 53.7 Å². The number of carbonyl (C=O) groups excluding carboxylic acids is 2. The quantitative estimate of drug-likeness (QED) is 0.161. The van der Waals surface area contributed by atoms with Crippen LogP contribution < -0.4 is 15.4 Å². The highest BCUT2D eigenvalue weighted by atomic mass is 32.2.